The number of aromatic nitrogens is 1. The number of nitrogens with zero attached hydrogens (tertiary/aromatic N) is 1. The Morgan fingerprint density at radius 2 is 2.29 bits per heavy atom. The molecule has 0 saturated carbocycles. The minimum Gasteiger partial charge on any atom is -0.493 e. The van der Waals surface area contributed by atoms with Crippen LogP contribution in [0.25, 0.3) is 0 Å². The predicted molar refractivity (Wildman–Crippen MR) is 58.7 cm³/mol. The first-order valence-electron chi connectivity index (χ1n) is 4.99. The smallest absolute Gasteiger partial charge is 0.129 e. The molecule has 0 aromatic carbocycles. The highest BCUT2D eigenvalue weighted by molar-refractivity contribution is 5.39. The SMILES string of the molecule is CNc1cc(OCCC(C)C)ccn1. The molecule has 0 atom stereocenters. The highest BCUT2D eigenvalue weighted by atomic mass is 16.5. The maximum absolute atomic E-state index is 5.58. The van der Waals surface area contributed by atoms with E-state index in [1.54, 1.807) is 6.20 Å². The van der Waals surface area contributed by atoms with Crippen molar-refractivity contribution in [3.05, 3.63) is 18.3 Å². The van der Waals surface area contributed by atoms with E-state index in [4.69, 9.17) is 4.74 Å². The van der Waals surface area contributed by atoms with Crippen molar-refractivity contribution in [2.75, 3.05) is 19.0 Å². The number of rotatable bonds is 5. The maximum Gasteiger partial charge on any atom is 0.129 e. The van der Waals surface area contributed by atoms with E-state index >= 15 is 0 Å². The molecule has 78 valence electrons. The molecule has 1 N–H and O–H groups in total. The van der Waals surface area contributed by atoms with Gasteiger partial charge in [-0.25, -0.2) is 4.98 Å². The van der Waals surface area contributed by atoms with Gasteiger partial charge in [-0.05, 0) is 18.4 Å². The quantitative estimate of drug-likeness (QED) is 0.782. The topological polar surface area (TPSA) is 34.1 Å². The van der Waals surface area contributed by atoms with Gasteiger partial charge in [0.1, 0.15) is 11.6 Å². The van der Waals surface area contributed by atoms with Crippen LogP contribution in [-0.4, -0.2) is 18.6 Å². The van der Waals surface area contributed by atoms with Gasteiger partial charge in [0.2, 0.25) is 0 Å². The molecule has 0 aliphatic heterocycles. The van der Waals surface area contributed by atoms with Gasteiger partial charge in [0.25, 0.3) is 0 Å². The second kappa shape index (κ2) is 5.47. The Morgan fingerprint density at radius 3 is 2.93 bits per heavy atom. The van der Waals surface area contributed by atoms with E-state index < -0.39 is 0 Å². The molecule has 0 fully saturated rings. The average Bonchev–Trinajstić information content (AvgIpc) is 2.18. The van der Waals surface area contributed by atoms with E-state index in [2.05, 4.69) is 24.1 Å². The highest BCUT2D eigenvalue weighted by Gasteiger charge is 1.97. The largest absolute Gasteiger partial charge is 0.493 e. The molecule has 1 rings (SSSR count). The van der Waals surface area contributed by atoms with E-state index in [0.717, 1.165) is 24.6 Å². The first kappa shape index (κ1) is 10.8. The van der Waals surface area contributed by atoms with Crippen molar-refractivity contribution >= 4 is 5.82 Å². The molecule has 0 radical (unpaired) electrons. The Balaban J connectivity index is 2.42. The standard InChI is InChI=1S/C11H18N2O/c1-9(2)5-7-14-10-4-6-13-11(8-10)12-3/h4,6,8-9H,5,7H2,1-3H3,(H,12,13). The zero-order valence-electron chi connectivity index (χ0n) is 9.08. The number of anilines is 1. The van der Waals surface area contributed by atoms with Crippen molar-refractivity contribution in [1.29, 1.82) is 0 Å². The second-order valence-corrected chi connectivity index (χ2v) is 3.66. The van der Waals surface area contributed by atoms with Crippen molar-refractivity contribution in [2.45, 2.75) is 20.3 Å². The molecular weight excluding hydrogens is 176 g/mol. The second-order valence-electron chi connectivity index (χ2n) is 3.66. The van der Waals surface area contributed by atoms with Crippen molar-refractivity contribution < 1.29 is 4.74 Å². The van der Waals surface area contributed by atoms with Gasteiger partial charge in [-0.1, -0.05) is 13.8 Å². The lowest BCUT2D eigenvalue weighted by atomic mass is 10.1. The molecule has 0 aliphatic rings. The first-order chi connectivity index (χ1) is 6.72. The minimum atomic E-state index is 0.681. The number of nitrogens with one attached hydrogen (secondary N) is 1. The fourth-order valence-electron chi connectivity index (χ4n) is 1.05. The molecule has 3 nitrogen and oxygen atoms in total. The van der Waals surface area contributed by atoms with Crippen LogP contribution in [0.1, 0.15) is 20.3 Å². The zero-order chi connectivity index (χ0) is 10.4. The minimum absolute atomic E-state index is 0.681. The molecule has 1 aromatic rings. The van der Waals surface area contributed by atoms with Crippen LogP contribution >= 0.6 is 0 Å². The summed E-state index contributed by atoms with van der Waals surface area (Å²) in [5, 5.41) is 2.98. The van der Waals surface area contributed by atoms with Gasteiger partial charge < -0.3 is 10.1 Å². The van der Waals surface area contributed by atoms with Gasteiger partial charge in [-0.2, -0.15) is 0 Å². The fraction of sp³-hybridized carbons (Fsp3) is 0.545. The molecule has 14 heavy (non-hydrogen) atoms. The lowest BCUT2D eigenvalue weighted by Crippen LogP contribution is -2.02. The summed E-state index contributed by atoms with van der Waals surface area (Å²) in [4.78, 5) is 4.11. The van der Waals surface area contributed by atoms with Crippen LogP contribution in [0.15, 0.2) is 18.3 Å². The van der Waals surface area contributed by atoms with Gasteiger partial charge in [-0.15, -0.1) is 0 Å². The summed E-state index contributed by atoms with van der Waals surface area (Å²) in [6.07, 6.45) is 2.83. The Labute approximate surface area is 85.5 Å². The van der Waals surface area contributed by atoms with E-state index in [-0.39, 0.29) is 0 Å². The molecule has 0 spiro atoms. The van der Waals surface area contributed by atoms with Crippen molar-refractivity contribution in [2.24, 2.45) is 5.92 Å². The summed E-state index contributed by atoms with van der Waals surface area (Å²) in [5.74, 6) is 2.40. The van der Waals surface area contributed by atoms with Gasteiger partial charge in [0, 0.05) is 19.3 Å². The third-order valence-corrected chi connectivity index (χ3v) is 1.95. The van der Waals surface area contributed by atoms with E-state index in [0.29, 0.717) is 5.92 Å². The molecule has 0 unspecified atom stereocenters. The van der Waals surface area contributed by atoms with Crippen LogP contribution in [0.5, 0.6) is 5.75 Å². The zero-order valence-corrected chi connectivity index (χ0v) is 9.08. The third-order valence-electron chi connectivity index (χ3n) is 1.95. The third kappa shape index (κ3) is 3.64. The summed E-state index contributed by atoms with van der Waals surface area (Å²) in [7, 11) is 1.85. The molecule has 0 bridgehead atoms. The summed E-state index contributed by atoms with van der Waals surface area (Å²) >= 11 is 0. The number of pyridine rings is 1. The number of hydrogen-bond donors (Lipinski definition) is 1. The van der Waals surface area contributed by atoms with Crippen LogP contribution < -0.4 is 10.1 Å². The van der Waals surface area contributed by atoms with Crippen LogP contribution in [0.4, 0.5) is 5.82 Å². The first-order valence-corrected chi connectivity index (χ1v) is 4.99. The summed E-state index contributed by atoms with van der Waals surface area (Å²) in [6, 6.07) is 3.78. The van der Waals surface area contributed by atoms with Gasteiger partial charge >= 0.3 is 0 Å². The fourth-order valence-corrected chi connectivity index (χ4v) is 1.05. The van der Waals surface area contributed by atoms with Crippen LogP contribution in [0.2, 0.25) is 0 Å². The van der Waals surface area contributed by atoms with Crippen LogP contribution in [0.3, 0.4) is 0 Å². The lowest BCUT2D eigenvalue weighted by molar-refractivity contribution is 0.289. The van der Waals surface area contributed by atoms with Gasteiger partial charge in [0.05, 0.1) is 6.61 Å². The molecule has 0 amide bonds. The molecular formula is C11H18N2O. The molecule has 3 heteroatoms. The number of ether oxygens (including phenoxy) is 1. The maximum atomic E-state index is 5.58. The summed E-state index contributed by atoms with van der Waals surface area (Å²) in [5.41, 5.74) is 0. The van der Waals surface area contributed by atoms with E-state index in [9.17, 15) is 0 Å². The summed E-state index contributed by atoms with van der Waals surface area (Å²) in [6.45, 7) is 5.15. The monoisotopic (exact) mass is 194 g/mol. The Hall–Kier alpha value is -1.25. The van der Waals surface area contributed by atoms with Crippen LogP contribution in [0, 0.1) is 5.92 Å². The average molecular weight is 194 g/mol. The lowest BCUT2D eigenvalue weighted by Gasteiger charge is -2.08. The van der Waals surface area contributed by atoms with Gasteiger partial charge in [0.15, 0.2) is 0 Å². The normalized spacial score (nSPS) is 10.3. The Morgan fingerprint density at radius 1 is 1.50 bits per heavy atom. The summed E-state index contributed by atoms with van der Waals surface area (Å²) < 4.78 is 5.58. The Bertz CT molecular complexity index is 274. The molecule has 0 aliphatic carbocycles. The predicted octanol–water partition coefficient (Wildman–Crippen LogP) is 2.55. The van der Waals surface area contributed by atoms with Crippen molar-refractivity contribution in [1.82, 2.24) is 4.98 Å². The van der Waals surface area contributed by atoms with Gasteiger partial charge in [-0.3, -0.25) is 0 Å². The van der Waals surface area contributed by atoms with E-state index in [1.165, 1.54) is 0 Å². The number of hydrogen-bond acceptors (Lipinski definition) is 3. The van der Waals surface area contributed by atoms with Crippen LogP contribution in [-0.2, 0) is 0 Å². The van der Waals surface area contributed by atoms with Crippen molar-refractivity contribution in [3.8, 4) is 5.75 Å². The van der Waals surface area contributed by atoms with E-state index in [1.807, 2.05) is 19.2 Å². The molecule has 1 aromatic heterocycles. The highest BCUT2D eigenvalue weighted by Crippen LogP contribution is 2.14. The molecule has 1 heterocycles. The molecule has 0 saturated heterocycles. The van der Waals surface area contributed by atoms with Crippen molar-refractivity contribution in [3.63, 3.8) is 0 Å². The Kier molecular flexibility index (Phi) is 4.23.